The van der Waals surface area contributed by atoms with Crippen LogP contribution in [0.1, 0.15) is 24.0 Å². The lowest BCUT2D eigenvalue weighted by Crippen LogP contribution is -2.40. The number of benzene rings is 2. The van der Waals surface area contributed by atoms with E-state index in [1.807, 2.05) is 30.3 Å². The maximum Gasteiger partial charge on any atom is 0.294 e. The van der Waals surface area contributed by atoms with Gasteiger partial charge in [-0.15, -0.1) is 0 Å². The summed E-state index contributed by atoms with van der Waals surface area (Å²) in [6, 6.07) is 15.1. The van der Waals surface area contributed by atoms with Crippen LogP contribution in [-0.2, 0) is 16.2 Å². The minimum Gasteiger partial charge on any atom is -0.493 e. The molecule has 2 aliphatic rings. The first-order valence-corrected chi connectivity index (χ1v) is 11.2. The second-order valence-corrected chi connectivity index (χ2v) is 8.53. The number of nitrogens with zero attached hydrogens (tertiary/aromatic N) is 2. The number of thioether (sulfide) groups is 1. The predicted octanol–water partition coefficient (Wildman–Crippen LogP) is 3.93. The molecule has 0 saturated carbocycles. The van der Waals surface area contributed by atoms with Gasteiger partial charge in [-0.25, -0.2) is 0 Å². The first-order chi connectivity index (χ1) is 15.5. The number of hydrogen-bond acceptors (Lipinski definition) is 6. The summed E-state index contributed by atoms with van der Waals surface area (Å²) in [5.41, 5.74) is 1.72. The van der Waals surface area contributed by atoms with Gasteiger partial charge in [-0.05, 0) is 53.9 Å². The third-order valence-corrected chi connectivity index (χ3v) is 6.26. The Balaban J connectivity index is 1.48. The molecule has 0 unspecified atom stereocenters. The summed E-state index contributed by atoms with van der Waals surface area (Å²) in [5, 5.41) is -0.428. The van der Waals surface area contributed by atoms with Gasteiger partial charge in [-0.2, -0.15) is 0 Å². The fraction of sp³-hybridized carbons (Fsp3) is 0.292. The van der Waals surface area contributed by atoms with E-state index in [0.717, 1.165) is 35.1 Å². The smallest absolute Gasteiger partial charge is 0.294 e. The van der Waals surface area contributed by atoms with Crippen LogP contribution < -0.4 is 9.47 Å². The summed E-state index contributed by atoms with van der Waals surface area (Å²) >= 11 is 0.843. The monoisotopic (exact) mass is 452 g/mol. The largest absolute Gasteiger partial charge is 0.493 e. The van der Waals surface area contributed by atoms with Gasteiger partial charge >= 0.3 is 0 Å². The topological polar surface area (TPSA) is 76.2 Å². The van der Waals surface area contributed by atoms with Crippen molar-refractivity contribution >= 4 is 34.9 Å². The van der Waals surface area contributed by atoms with Crippen molar-refractivity contribution in [2.75, 3.05) is 26.7 Å². The number of imide groups is 1. The quantitative estimate of drug-likeness (QED) is 0.593. The molecule has 4 rings (SSSR count). The molecule has 0 N–H and O–H groups in total. The molecule has 2 aromatic carbocycles. The number of hydrogen-bond donors (Lipinski definition) is 0. The molecule has 166 valence electrons. The second kappa shape index (κ2) is 9.91. The highest BCUT2D eigenvalue weighted by atomic mass is 32.2. The minimum atomic E-state index is -0.449. The van der Waals surface area contributed by atoms with E-state index in [1.54, 1.807) is 36.3 Å². The molecule has 2 heterocycles. The molecule has 0 aromatic heterocycles. The number of likely N-dealkylation sites (tertiary alicyclic amines) is 1. The Hall–Kier alpha value is -3.26. The van der Waals surface area contributed by atoms with Crippen molar-refractivity contribution in [1.29, 1.82) is 0 Å². The van der Waals surface area contributed by atoms with Crippen molar-refractivity contribution in [3.8, 4) is 11.5 Å². The Morgan fingerprint density at radius 1 is 1.06 bits per heavy atom. The normalized spacial score (nSPS) is 17.3. The number of methoxy groups -OCH3 is 1. The minimum absolute atomic E-state index is 0.188. The number of carbonyl (C=O) groups is 3. The van der Waals surface area contributed by atoms with Crippen LogP contribution >= 0.6 is 11.8 Å². The van der Waals surface area contributed by atoms with E-state index in [-0.39, 0.29) is 17.4 Å². The van der Waals surface area contributed by atoms with Gasteiger partial charge in [0.1, 0.15) is 13.2 Å². The molecule has 0 spiro atoms. The summed E-state index contributed by atoms with van der Waals surface area (Å²) in [4.78, 5) is 40.5. The summed E-state index contributed by atoms with van der Waals surface area (Å²) in [7, 11) is 1.56. The molecule has 7 nitrogen and oxygen atoms in total. The van der Waals surface area contributed by atoms with Crippen molar-refractivity contribution in [1.82, 2.24) is 9.80 Å². The zero-order valence-electron chi connectivity index (χ0n) is 17.8. The molecule has 3 amide bonds. The molecular formula is C24H24N2O5S. The molecule has 8 heteroatoms. The molecule has 0 aliphatic carbocycles. The van der Waals surface area contributed by atoms with Gasteiger partial charge in [-0.3, -0.25) is 19.3 Å². The van der Waals surface area contributed by atoms with Crippen LogP contribution in [0.25, 0.3) is 6.08 Å². The summed E-state index contributed by atoms with van der Waals surface area (Å²) < 4.78 is 11.3. The van der Waals surface area contributed by atoms with Crippen LogP contribution in [0.5, 0.6) is 11.5 Å². The zero-order valence-corrected chi connectivity index (χ0v) is 18.6. The highest BCUT2D eigenvalue weighted by Crippen LogP contribution is 2.35. The van der Waals surface area contributed by atoms with Crippen LogP contribution in [0, 0.1) is 0 Å². The van der Waals surface area contributed by atoms with Gasteiger partial charge < -0.3 is 14.4 Å². The van der Waals surface area contributed by atoms with E-state index in [0.29, 0.717) is 36.8 Å². The predicted molar refractivity (Wildman–Crippen MR) is 122 cm³/mol. The molecule has 32 heavy (non-hydrogen) atoms. The van der Waals surface area contributed by atoms with Crippen LogP contribution in [0.15, 0.2) is 53.4 Å². The van der Waals surface area contributed by atoms with Crippen molar-refractivity contribution in [3.05, 3.63) is 64.6 Å². The molecule has 2 aromatic rings. The van der Waals surface area contributed by atoms with Gasteiger partial charge in [0.2, 0.25) is 5.91 Å². The highest BCUT2D eigenvalue weighted by molar-refractivity contribution is 8.18. The van der Waals surface area contributed by atoms with Crippen molar-refractivity contribution in [2.24, 2.45) is 0 Å². The standard InChI is InChI=1S/C24H24N2O5S/c1-30-19-10-9-18(13-20(19)31-16-17-7-3-2-4-8-17)14-21-23(28)26(24(29)32-21)15-22(27)25-11-5-6-12-25/h2-4,7-10,13-14H,5-6,11-12,15-16H2,1H3/b21-14-. The number of carbonyl (C=O) groups excluding carboxylic acids is 3. The molecular weight excluding hydrogens is 428 g/mol. The average molecular weight is 453 g/mol. The van der Waals surface area contributed by atoms with Crippen LogP contribution in [0.3, 0.4) is 0 Å². The fourth-order valence-corrected chi connectivity index (χ4v) is 4.46. The Kier molecular flexibility index (Phi) is 6.80. The Bertz CT molecular complexity index is 1050. The van der Waals surface area contributed by atoms with E-state index in [9.17, 15) is 14.4 Å². The Morgan fingerprint density at radius 2 is 1.81 bits per heavy atom. The molecule has 2 aliphatic heterocycles. The lowest BCUT2D eigenvalue weighted by atomic mass is 10.1. The maximum atomic E-state index is 12.8. The lowest BCUT2D eigenvalue weighted by molar-refractivity contribution is -0.135. The van der Waals surface area contributed by atoms with E-state index < -0.39 is 11.1 Å². The molecule has 2 saturated heterocycles. The summed E-state index contributed by atoms with van der Waals surface area (Å²) in [6.07, 6.45) is 3.55. The SMILES string of the molecule is COc1ccc(/C=C2\SC(=O)N(CC(=O)N3CCCC3)C2=O)cc1OCc1ccccc1. The zero-order chi connectivity index (χ0) is 22.5. The average Bonchev–Trinajstić information content (AvgIpc) is 3.44. The number of rotatable bonds is 7. The number of amides is 3. The molecule has 2 fully saturated rings. The number of ether oxygens (including phenoxy) is 2. The van der Waals surface area contributed by atoms with Gasteiger partial charge in [0.05, 0.1) is 12.0 Å². The third-order valence-electron chi connectivity index (χ3n) is 5.35. The van der Waals surface area contributed by atoms with Crippen LogP contribution in [-0.4, -0.2) is 53.6 Å². The summed E-state index contributed by atoms with van der Waals surface area (Å²) in [6.45, 7) is 1.52. The molecule has 0 atom stereocenters. The van der Waals surface area contributed by atoms with Crippen molar-refractivity contribution in [2.45, 2.75) is 19.4 Å². The van der Waals surface area contributed by atoms with E-state index in [2.05, 4.69) is 0 Å². The van der Waals surface area contributed by atoms with Gasteiger partial charge in [0.25, 0.3) is 11.1 Å². The van der Waals surface area contributed by atoms with Crippen molar-refractivity contribution in [3.63, 3.8) is 0 Å². The molecule has 0 radical (unpaired) electrons. The van der Waals surface area contributed by atoms with Crippen LogP contribution in [0.2, 0.25) is 0 Å². The first-order valence-electron chi connectivity index (χ1n) is 10.4. The maximum absolute atomic E-state index is 12.8. The van der Waals surface area contributed by atoms with E-state index >= 15 is 0 Å². The van der Waals surface area contributed by atoms with Crippen molar-refractivity contribution < 1.29 is 23.9 Å². The second-order valence-electron chi connectivity index (χ2n) is 7.54. The first kappa shape index (κ1) is 22.0. The summed E-state index contributed by atoms with van der Waals surface area (Å²) in [5.74, 6) is 0.471. The van der Waals surface area contributed by atoms with Gasteiger partial charge in [0, 0.05) is 13.1 Å². The van der Waals surface area contributed by atoms with Gasteiger partial charge in [-0.1, -0.05) is 36.4 Å². The Morgan fingerprint density at radius 3 is 2.53 bits per heavy atom. The fourth-order valence-electron chi connectivity index (χ4n) is 3.62. The van der Waals surface area contributed by atoms with Gasteiger partial charge in [0.15, 0.2) is 11.5 Å². The highest BCUT2D eigenvalue weighted by Gasteiger charge is 2.37. The van der Waals surface area contributed by atoms with E-state index in [4.69, 9.17) is 9.47 Å². The van der Waals surface area contributed by atoms with Crippen LogP contribution in [0.4, 0.5) is 4.79 Å². The van der Waals surface area contributed by atoms with E-state index in [1.165, 1.54) is 0 Å². The molecule has 0 bridgehead atoms. The third kappa shape index (κ3) is 4.96. The Labute approximate surface area is 191 Å². The lowest BCUT2D eigenvalue weighted by Gasteiger charge is -2.18.